The lowest BCUT2D eigenvalue weighted by molar-refractivity contribution is -0.116. The Morgan fingerprint density at radius 3 is 3.15 bits per heavy atom. The van der Waals surface area contributed by atoms with Gasteiger partial charge in [-0.15, -0.1) is 11.3 Å². The standard InChI is InChI=1S/C18H20N6OS/c1-19-17(21-10-13-11-24-6-7-26-18(24)22-13)20-9-12-8-16(25)23-15-5-3-2-4-14(12)15/h2-7,11-12H,8-10H2,1H3,(H,23,25)(H2,19,20,21). The average Bonchev–Trinajstić information content (AvgIpc) is 3.23. The molecule has 1 unspecified atom stereocenters. The number of carbonyl (C=O) groups is 1. The van der Waals surface area contributed by atoms with Gasteiger partial charge in [0.2, 0.25) is 5.91 Å². The number of carbonyl (C=O) groups excluding carboxylic acids is 1. The molecular weight excluding hydrogens is 348 g/mol. The van der Waals surface area contributed by atoms with E-state index >= 15 is 0 Å². The highest BCUT2D eigenvalue weighted by molar-refractivity contribution is 7.15. The Labute approximate surface area is 155 Å². The minimum absolute atomic E-state index is 0.0523. The number of rotatable bonds is 4. The first-order valence-corrected chi connectivity index (χ1v) is 9.35. The molecule has 0 spiro atoms. The summed E-state index contributed by atoms with van der Waals surface area (Å²) in [7, 11) is 1.74. The maximum atomic E-state index is 11.9. The Bertz CT molecular complexity index is 931. The van der Waals surface area contributed by atoms with E-state index in [4.69, 9.17) is 0 Å². The molecule has 7 nitrogen and oxygen atoms in total. The molecule has 0 aliphatic carbocycles. The molecule has 0 fully saturated rings. The number of nitrogens with one attached hydrogen (secondary N) is 3. The molecule has 1 aromatic carbocycles. The van der Waals surface area contributed by atoms with E-state index in [9.17, 15) is 4.79 Å². The number of guanidine groups is 1. The highest BCUT2D eigenvalue weighted by Crippen LogP contribution is 2.31. The van der Waals surface area contributed by atoms with Crippen molar-refractivity contribution >= 4 is 33.9 Å². The van der Waals surface area contributed by atoms with Crippen LogP contribution in [0.1, 0.15) is 23.6 Å². The molecule has 134 valence electrons. The van der Waals surface area contributed by atoms with Crippen LogP contribution in [-0.2, 0) is 11.3 Å². The molecule has 1 aliphatic rings. The summed E-state index contributed by atoms with van der Waals surface area (Å²) < 4.78 is 2.01. The number of aromatic nitrogens is 2. The molecule has 2 aromatic heterocycles. The van der Waals surface area contributed by atoms with Crippen LogP contribution in [0.5, 0.6) is 0 Å². The quantitative estimate of drug-likeness (QED) is 0.487. The predicted octanol–water partition coefficient (Wildman–Crippen LogP) is 2.19. The summed E-state index contributed by atoms with van der Waals surface area (Å²) in [6, 6.07) is 7.94. The molecule has 3 N–H and O–H groups in total. The summed E-state index contributed by atoms with van der Waals surface area (Å²) in [6.45, 7) is 1.23. The van der Waals surface area contributed by atoms with Crippen LogP contribution in [0.15, 0.2) is 47.0 Å². The largest absolute Gasteiger partial charge is 0.356 e. The van der Waals surface area contributed by atoms with E-state index in [2.05, 4.69) is 32.0 Å². The van der Waals surface area contributed by atoms with Crippen LogP contribution in [-0.4, -0.2) is 34.8 Å². The Balaban J connectivity index is 1.37. The van der Waals surface area contributed by atoms with Gasteiger partial charge in [-0.05, 0) is 11.6 Å². The van der Waals surface area contributed by atoms with Gasteiger partial charge in [0.05, 0.1) is 12.2 Å². The van der Waals surface area contributed by atoms with Crippen LogP contribution >= 0.6 is 11.3 Å². The molecule has 1 atom stereocenters. The topological polar surface area (TPSA) is 82.8 Å². The maximum absolute atomic E-state index is 11.9. The van der Waals surface area contributed by atoms with E-state index in [0.717, 1.165) is 21.9 Å². The number of thiazole rings is 1. The lowest BCUT2D eigenvalue weighted by Crippen LogP contribution is -2.40. The zero-order valence-electron chi connectivity index (χ0n) is 14.4. The number of fused-ring (bicyclic) bond motifs is 2. The monoisotopic (exact) mass is 368 g/mol. The molecular formula is C18H20N6OS. The number of aliphatic imine (C=N–C) groups is 1. The van der Waals surface area contributed by atoms with E-state index < -0.39 is 0 Å². The van der Waals surface area contributed by atoms with Crippen LogP contribution in [0.2, 0.25) is 0 Å². The maximum Gasteiger partial charge on any atom is 0.225 e. The van der Waals surface area contributed by atoms with E-state index in [0.29, 0.717) is 25.5 Å². The number of para-hydroxylation sites is 1. The van der Waals surface area contributed by atoms with Gasteiger partial charge in [0, 0.05) is 49.4 Å². The average molecular weight is 368 g/mol. The summed E-state index contributed by atoms with van der Waals surface area (Å²) in [4.78, 5) is 21.7. The van der Waals surface area contributed by atoms with Gasteiger partial charge in [-0.1, -0.05) is 18.2 Å². The van der Waals surface area contributed by atoms with Gasteiger partial charge in [-0.25, -0.2) is 4.98 Å². The first kappa shape index (κ1) is 16.6. The third-order valence-electron chi connectivity index (χ3n) is 4.43. The van der Waals surface area contributed by atoms with Crippen LogP contribution in [0.3, 0.4) is 0 Å². The van der Waals surface area contributed by atoms with Crippen LogP contribution in [0.4, 0.5) is 5.69 Å². The third kappa shape index (κ3) is 3.41. The number of anilines is 1. The molecule has 3 aromatic rings. The summed E-state index contributed by atoms with van der Waals surface area (Å²) in [5.41, 5.74) is 3.02. The number of benzene rings is 1. The lowest BCUT2D eigenvalue weighted by atomic mass is 9.90. The molecule has 26 heavy (non-hydrogen) atoms. The molecule has 0 bridgehead atoms. The molecule has 1 aliphatic heterocycles. The van der Waals surface area contributed by atoms with E-state index in [1.54, 1.807) is 18.4 Å². The molecule has 0 radical (unpaired) electrons. The predicted molar refractivity (Wildman–Crippen MR) is 104 cm³/mol. The van der Waals surface area contributed by atoms with Gasteiger partial charge in [0.15, 0.2) is 10.9 Å². The summed E-state index contributed by atoms with van der Waals surface area (Å²) in [5.74, 6) is 0.873. The second-order valence-electron chi connectivity index (χ2n) is 6.17. The molecule has 1 amide bonds. The van der Waals surface area contributed by atoms with E-state index in [1.165, 1.54) is 0 Å². The van der Waals surface area contributed by atoms with Crippen molar-refractivity contribution in [1.29, 1.82) is 0 Å². The first-order chi connectivity index (χ1) is 12.7. The normalized spacial score (nSPS) is 17.0. The Kier molecular flexibility index (Phi) is 4.57. The number of amides is 1. The van der Waals surface area contributed by atoms with Crippen LogP contribution in [0, 0.1) is 0 Å². The van der Waals surface area contributed by atoms with Gasteiger partial charge in [-0.2, -0.15) is 0 Å². The van der Waals surface area contributed by atoms with Gasteiger partial charge in [0.25, 0.3) is 0 Å². The highest BCUT2D eigenvalue weighted by atomic mass is 32.1. The van der Waals surface area contributed by atoms with Gasteiger partial charge in [0.1, 0.15) is 0 Å². The van der Waals surface area contributed by atoms with Crippen LogP contribution < -0.4 is 16.0 Å². The van der Waals surface area contributed by atoms with E-state index in [-0.39, 0.29) is 11.8 Å². The number of nitrogens with zero attached hydrogens (tertiary/aromatic N) is 3. The summed E-state index contributed by atoms with van der Waals surface area (Å²) >= 11 is 1.61. The second kappa shape index (κ2) is 7.17. The molecule has 4 rings (SSSR count). The fourth-order valence-electron chi connectivity index (χ4n) is 3.16. The first-order valence-electron chi connectivity index (χ1n) is 8.47. The molecule has 8 heteroatoms. The fraction of sp³-hybridized carbons (Fsp3) is 0.278. The Morgan fingerprint density at radius 1 is 1.42 bits per heavy atom. The minimum Gasteiger partial charge on any atom is -0.356 e. The lowest BCUT2D eigenvalue weighted by Gasteiger charge is -2.26. The molecule has 0 saturated carbocycles. The van der Waals surface area contributed by atoms with Gasteiger partial charge >= 0.3 is 0 Å². The van der Waals surface area contributed by atoms with Crippen molar-refractivity contribution in [3.63, 3.8) is 0 Å². The van der Waals surface area contributed by atoms with Gasteiger partial charge in [-0.3, -0.25) is 14.2 Å². The molecule has 0 saturated heterocycles. The summed E-state index contributed by atoms with van der Waals surface area (Å²) in [6.07, 6.45) is 4.47. The second-order valence-corrected chi connectivity index (χ2v) is 7.04. The van der Waals surface area contributed by atoms with Gasteiger partial charge < -0.3 is 16.0 Å². The smallest absolute Gasteiger partial charge is 0.225 e. The van der Waals surface area contributed by atoms with Crippen molar-refractivity contribution in [3.8, 4) is 0 Å². The summed E-state index contributed by atoms with van der Waals surface area (Å²) in [5, 5.41) is 11.5. The number of hydrogen-bond donors (Lipinski definition) is 3. The zero-order chi connectivity index (χ0) is 17.9. The van der Waals surface area contributed by atoms with Crippen molar-refractivity contribution in [2.45, 2.75) is 18.9 Å². The fourth-order valence-corrected chi connectivity index (χ4v) is 3.88. The number of hydrogen-bond acceptors (Lipinski definition) is 4. The number of imidazole rings is 1. The van der Waals surface area contributed by atoms with Crippen molar-refractivity contribution in [3.05, 3.63) is 53.3 Å². The van der Waals surface area contributed by atoms with Crippen molar-refractivity contribution in [2.24, 2.45) is 4.99 Å². The minimum atomic E-state index is 0.0523. The van der Waals surface area contributed by atoms with E-state index in [1.807, 2.05) is 40.4 Å². The van der Waals surface area contributed by atoms with Crippen molar-refractivity contribution < 1.29 is 4.79 Å². The molecule has 3 heterocycles. The Hall–Kier alpha value is -2.87. The highest BCUT2D eigenvalue weighted by Gasteiger charge is 2.24. The third-order valence-corrected chi connectivity index (χ3v) is 5.20. The van der Waals surface area contributed by atoms with Crippen molar-refractivity contribution in [2.75, 3.05) is 18.9 Å². The van der Waals surface area contributed by atoms with Crippen molar-refractivity contribution in [1.82, 2.24) is 20.0 Å². The Morgan fingerprint density at radius 2 is 2.31 bits per heavy atom. The zero-order valence-corrected chi connectivity index (χ0v) is 15.2. The van der Waals surface area contributed by atoms with Crippen LogP contribution in [0.25, 0.3) is 4.96 Å². The SMILES string of the molecule is CN=C(NCc1cn2ccsc2n1)NCC1CC(=O)Nc2ccccc21.